The second kappa shape index (κ2) is 5.64. The fourth-order valence-electron chi connectivity index (χ4n) is 3.40. The number of amides is 1. The number of carbonyl (C=O) groups is 1. The molecule has 2 atom stereocenters. The molecule has 0 unspecified atom stereocenters. The first-order chi connectivity index (χ1) is 10.8. The van der Waals surface area contributed by atoms with Crippen LogP contribution in [-0.2, 0) is 4.79 Å². The zero-order chi connectivity index (χ0) is 16.8. The molecule has 0 aromatic heterocycles. The molecule has 3 rings (SSSR count). The molecule has 0 aliphatic heterocycles. The summed E-state index contributed by atoms with van der Waals surface area (Å²) in [6, 6.07) is 12.9. The van der Waals surface area contributed by atoms with Gasteiger partial charge in [0.1, 0.15) is 5.82 Å². The highest BCUT2D eigenvalue weighted by molar-refractivity contribution is 6.31. The molecule has 0 spiro atoms. The SMILES string of the molecule is Cc1cc(F)c(Cl)cc1NC(=O)[C@@H]1[C@@H](c2ccccc2)C1(C)C. The fraction of sp³-hybridized carbons (Fsp3) is 0.316. The molecule has 0 heterocycles. The molecule has 1 N–H and O–H groups in total. The predicted octanol–water partition coefficient (Wildman–Crippen LogP) is 5.17. The van der Waals surface area contributed by atoms with Gasteiger partial charge in [-0.05, 0) is 35.6 Å². The van der Waals surface area contributed by atoms with E-state index in [9.17, 15) is 9.18 Å². The van der Waals surface area contributed by atoms with Gasteiger partial charge in [0, 0.05) is 11.6 Å². The molecule has 2 nitrogen and oxygen atoms in total. The normalized spacial score (nSPS) is 21.8. The van der Waals surface area contributed by atoms with Gasteiger partial charge < -0.3 is 5.32 Å². The number of aryl methyl sites for hydroxylation is 1. The molecule has 23 heavy (non-hydrogen) atoms. The lowest BCUT2D eigenvalue weighted by Gasteiger charge is -2.10. The largest absolute Gasteiger partial charge is 0.326 e. The van der Waals surface area contributed by atoms with Crippen molar-refractivity contribution in [1.82, 2.24) is 0 Å². The number of halogens is 2. The summed E-state index contributed by atoms with van der Waals surface area (Å²) in [5, 5.41) is 2.92. The average Bonchev–Trinajstić information content (AvgIpc) is 3.08. The van der Waals surface area contributed by atoms with Crippen LogP contribution in [0.1, 0.15) is 30.9 Å². The van der Waals surface area contributed by atoms with Crippen molar-refractivity contribution in [3.63, 3.8) is 0 Å². The number of benzene rings is 2. The van der Waals surface area contributed by atoms with Crippen LogP contribution in [0.15, 0.2) is 42.5 Å². The molecule has 2 aromatic carbocycles. The number of anilines is 1. The summed E-state index contributed by atoms with van der Waals surface area (Å²) >= 11 is 5.82. The summed E-state index contributed by atoms with van der Waals surface area (Å²) in [5.41, 5.74) is 2.31. The van der Waals surface area contributed by atoms with Gasteiger partial charge in [0.2, 0.25) is 5.91 Å². The fourth-order valence-corrected chi connectivity index (χ4v) is 3.56. The van der Waals surface area contributed by atoms with E-state index in [0.29, 0.717) is 11.3 Å². The molecule has 1 fully saturated rings. The molecule has 2 aromatic rings. The van der Waals surface area contributed by atoms with Gasteiger partial charge >= 0.3 is 0 Å². The summed E-state index contributed by atoms with van der Waals surface area (Å²) in [6.45, 7) is 5.95. The maximum atomic E-state index is 13.4. The van der Waals surface area contributed by atoms with E-state index in [2.05, 4.69) is 31.3 Å². The van der Waals surface area contributed by atoms with E-state index in [-0.39, 0.29) is 28.2 Å². The Bertz CT molecular complexity index is 757. The van der Waals surface area contributed by atoms with E-state index < -0.39 is 5.82 Å². The summed E-state index contributed by atoms with van der Waals surface area (Å²) < 4.78 is 13.4. The van der Waals surface area contributed by atoms with E-state index in [1.54, 1.807) is 6.92 Å². The Morgan fingerprint density at radius 1 is 1.22 bits per heavy atom. The first-order valence-corrected chi connectivity index (χ1v) is 8.01. The topological polar surface area (TPSA) is 29.1 Å². The van der Waals surface area contributed by atoms with Gasteiger partial charge in [0.15, 0.2) is 0 Å². The van der Waals surface area contributed by atoms with Crippen LogP contribution >= 0.6 is 11.6 Å². The Morgan fingerprint density at radius 2 is 1.87 bits per heavy atom. The van der Waals surface area contributed by atoms with E-state index >= 15 is 0 Å². The molecule has 0 saturated heterocycles. The Morgan fingerprint density at radius 3 is 2.52 bits per heavy atom. The lowest BCUT2D eigenvalue weighted by molar-refractivity contribution is -0.118. The highest BCUT2D eigenvalue weighted by Gasteiger charge is 2.62. The minimum Gasteiger partial charge on any atom is -0.326 e. The standard InChI is InChI=1S/C19H19ClFNO/c1-11-9-14(21)13(20)10-15(11)22-18(23)17-16(19(17,2)3)12-7-5-4-6-8-12/h4-10,16-17H,1-3H3,(H,22,23)/t16-,17+/m1/s1. The molecule has 1 aliphatic carbocycles. The van der Waals surface area contributed by atoms with Crippen molar-refractivity contribution in [2.75, 3.05) is 5.32 Å². The highest BCUT2D eigenvalue weighted by atomic mass is 35.5. The van der Waals surface area contributed by atoms with Crippen LogP contribution in [-0.4, -0.2) is 5.91 Å². The quantitative estimate of drug-likeness (QED) is 0.826. The second-order valence-corrected chi connectivity index (χ2v) is 7.17. The van der Waals surface area contributed by atoms with Crippen LogP contribution in [0.4, 0.5) is 10.1 Å². The number of carbonyl (C=O) groups excluding carboxylic acids is 1. The summed E-state index contributed by atoms with van der Waals surface area (Å²) in [5.74, 6) is -0.432. The van der Waals surface area contributed by atoms with Crippen molar-refractivity contribution in [3.05, 3.63) is 64.4 Å². The van der Waals surface area contributed by atoms with Crippen LogP contribution in [0.3, 0.4) is 0 Å². The van der Waals surface area contributed by atoms with Gasteiger partial charge in [-0.1, -0.05) is 55.8 Å². The molecule has 4 heteroatoms. The van der Waals surface area contributed by atoms with E-state index in [1.165, 1.54) is 17.7 Å². The Hall–Kier alpha value is -1.87. The molecule has 120 valence electrons. The second-order valence-electron chi connectivity index (χ2n) is 6.76. The van der Waals surface area contributed by atoms with Gasteiger partial charge in [0.25, 0.3) is 0 Å². The van der Waals surface area contributed by atoms with Crippen molar-refractivity contribution in [3.8, 4) is 0 Å². The number of rotatable bonds is 3. The third kappa shape index (κ3) is 2.86. The van der Waals surface area contributed by atoms with E-state index in [4.69, 9.17) is 11.6 Å². The lowest BCUT2D eigenvalue weighted by atomic mass is 10.0. The minimum absolute atomic E-state index is 0.0144. The first-order valence-electron chi connectivity index (χ1n) is 7.64. The highest BCUT2D eigenvalue weighted by Crippen LogP contribution is 2.64. The Labute approximate surface area is 140 Å². The number of nitrogens with one attached hydrogen (secondary N) is 1. The molecule has 1 saturated carbocycles. The van der Waals surface area contributed by atoms with Gasteiger partial charge in [-0.3, -0.25) is 4.79 Å². The minimum atomic E-state index is -0.476. The van der Waals surface area contributed by atoms with Crippen molar-refractivity contribution < 1.29 is 9.18 Å². The molecule has 1 amide bonds. The van der Waals surface area contributed by atoms with Gasteiger partial charge in [0.05, 0.1) is 10.9 Å². The van der Waals surface area contributed by atoms with E-state index in [0.717, 1.165) is 0 Å². The van der Waals surface area contributed by atoms with Crippen molar-refractivity contribution in [2.45, 2.75) is 26.7 Å². The summed E-state index contributed by atoms with van der Waals surface area (Å²) in [4.78, 5) is 12.7. The zero-order valence-corrected chi connectivity index (χ0v) is 14.1. The van der Waals surface area contributed by atoms with Gasteiger partial charge in [-0.25, -0.2) is 4.39 Å². The molecular weight excluding hydrogens is 313 g/mol. The first kappa shape index (κ1) is 16.0. The molecule has 0 radical (unpaired) electrons. The summed E-state index contributed by atoms with van der Waals surface area (Å²) in [7, 11) is 0. The zero-order valence-electron chi connectivity index (χ0n) is 13.4. The third-order valence-electron chi connectivity index (χ3n) is 4.79. The van der Waals surface area contributed by atoms with Crippen LogP contribution < -0.4 is 5.32 Å². The molecule has 1 aliphatic rings. The van der Waals surface area contributed by atoms with Crippen LogP contribution in [0.25, 0.3) is 0 Å². The van der Waals surface area contributed by atoms with Gasteiger partial charge in [-0.2, -0.15) is 0 Å². The molecule has 0 bridgehead atoms. The van der Waals surface area contributed by atoms with Crippen LogP contribution in [0.2, 0.25) is 5.02 Å². The Kier molecular flexibility index (Phi) is 3.93. The molecular formula is C19H19ClFNO. The third-order valence-corrected chi connectivity index (χ3v) is 5.08. The predicted molar refractivity (Wildman–Crippen MR) is 91.2 cm³/mol. The van der Waals surface area contributed by atoms with Crippen molar-refractivity contribution in [1.29, 1.82) is 0 Å². The summed E-state index contributed by atoms with van der Waals surface area (Å²) in [6.07, 6.45) is 0. The van der Waals surface area contributed by atoms with E-state index in [1.807, 2.05) is 18.2 Å². The Balaban J connectivity index is 1.81. The lowest BCUT2D eigenvalue weighted by Crippen LogP contribution is -2.17. The number of hydrogen-bond acceptors (Lipinski definition) is 1. The average molecular weight is 332 g/mol. The van der Waals surface area contributed by atoms with Gasteiger partial charge in [-0.15, -0.1) is 0 Å². The monoisotopic (exact) mass is 331 g/mol. The van der Waals surface area contributed by atoms with Crippen molar-refractivity contribution in [2.24, 2.45) is 11.3 Å². The maximum absolute atomic E-state index is 13.4. The van der Waals surface area contributed by atoms with Crippen LogP contribution in [0, 0.1) is 24.1 Å². The number of hydrogen-bond donors (Lipinski definition) is 1. The van der Waals surface area contributed by atoms with Crippen molar-refractivity contribution >= 4 is 23.2 Å². The maximum Gasteiger partial charge on any atom is 0.228 e. The smallest absolute Gasteiger partial charge is 0.228 e. The van der Waals surface area contributed by atoms with Crippen LogP contribution in [0.5, 0.6) is 0 Å².